The van der Waals surface area contributed by atoms with E-state index in [2.05, 4.69) is 0 Å². The zero-order valence-corrected chi connectivity index (χ0v) is 22.4. The zero-order chi connectivity index (χ0) is 27.5. The monoisotopic (exact) mass is 561 g/mol. The van der Waals surface area contributed by atoms with Gasteiger partial charge in [0, 0.05) is 37.1 Å². The fourth-order valence-electron chi connectivity index (χ4n) is 3.82. The van der Waals surface area contributed by atoms with Crippen molar-refractivity contribution in [3.05, 3.63) is 28.2 Å². The first kappa shape index (κ1) is 28.8. The molecular weight excluding hydrogens is 533 g/mol. The molecule has 2 heterocycles. The number of rotatable bonds is 8. The maximum Gasteiger partial charge on any atom is 0.342 e. The summed E-state index contributed by atoms with van der Waals surface area (Å²) in [5, 5.41) is 11.2. The molecule has 12 nitrogen and oxygen atoms in total. The predicted molar refractivity (Wildman–Crippen MR) is 130 cm³/mol. The van der Waals surface area contributed by atoms with Crippen molar-refractivity contribution in [3.63, 3.8) is 0 Å². The van der Waals surface area contributed by atoms with Crippen molar-refractivity contribution in [2.75, 3.05) is 47.4 Å². The van der Waals surface area contributed by atoms with Gasteiger partial charge in [0.1, 0.15) is 12.4 Å². The van der Waals surface area contributed by atoms with Crippen LogP contribution < -0.4 is 4.74 Å². The van der Waals surface area contributed by atoms with Crippen LogP contribution in [0.15, 0.2) is 18.2 Å². The van der Waals surface area contributed by atoms with Gasteiger partial charge in [0.15, 0.2) is 5.60 Å². The van der Waals surface area contributed by atoms with E-state index in [1.807, 2.05) is 19.0 Å². The number of benzene rings is 1. The van der Waals surface area contributed by atoms with E-state index in [0.717, 1.165) is 4.90 Å². The Kier molecular flexibility index (Phi) is 8.78. The van der Waals surface area contributed by atoms with Crippen LogP contribution in [-0.2, 0) is 28.6 Å². The summed E-state index contributed by atoms with van der Waals surface area (Å²) in [6.07, 6.45) is -3.51. The smallest absolute Gasteiger partial charge is 0.342 e. The number of amides is 2. The first-order valence-corrected chi connectivity index (χ1v) is 12.1. The molecule has 3 atom stereocenters. The van der Waals surface area contributed by atoms with Gasteiger partial charge in [-0.15, -0.1) is 0 Å². The topological polar surface area (TPSA) is 135 Å². The number of fused-ring (bicyclic) bond motifs is 3. The van der Waals surface area contributed by atoms with Gasteiger partial charge in [0.25, 0.3) is 5.72 Å². The zero-order valence-electron chi connectivity index (χ0n) is 20.9. The van der Waals surface area contributed by atoms with Gasteiger partial charge in [0.05, 0.1) is 19.4 Å². The molecule has 0 radical (unpaired) electrons. The minimum Gasteiger partial charge on any atom is -0.492 e. The molecule has 0 aromatic heterocycles. The number of carbonyl (C=O) groups is 4. The second kappa shape index (κ2) is 11.3. The van der Waals surface area contributed by atoms with E-state index in [0.29, 0.717) is 28.9 Å². The summed E-state index contributed by atoms with van der Waals surface area (Å²) in [5.41, 5.74) is -4.52. The van der Waals surface area contributed by atoms with E-state index in [9.17, 15) is 24.3 Å². The second-order valence-corrected chi connectivity index (χ2v) is 10.1. The van der Waals surface area contributed by atoms with Crippen LogP contribution in [0.3, 0.4) is 0 Å². The number of urea groups is 1. The Bertz CT molecular complexity index is 1050. The minimum atomic E-state index is -2.43. The summed E-state index contributed by atoms with van der Waals surface area (Å²) in [4.78, 5) is 55.7. The van der Waals surface area contributed by atoms with Crippen LogP contribution >= 0.6 is 23.2 Å². The first-order valence-electron chi connectivity index (χ1n) is 11.3. The third-order valence-corrected chi connectivity index (χ3v) is 6.30. The fraction of sp³-hybridized carbons (Fsp3) is 0.565. The van der Waals surface area contributed by atoms with E-state index in [4.69, 9.17) is 42.1 Å². The van der Waals surface area contributed by atoms with Crippen LogP contribution in [-0.4, -0.2) is 109 Å². The molecular formula is C23H29Cl2N3O9. The molecule has 204 valence electrons. The molecule has 2 amide bonds. The van der Waals surface area contributed by atoms with Gasteiger partial charge in [-0.3, -0.25) is 14.5 Å². The summed E-state index contributed by atoms with van der Waals surface area (Å²) < 4.78 is 21.8. The average molecular weight is 562 g/mol. The molecule has 0 saturated carbocycles. The number of aliphatic hydroxyl groups is 1. The number of hydrogen-bond donors (Lipinski definition) is 1. The number of nitrogens with zero attached hydrogens (tertiary/aromatic N) is 3. The summed E-state index contributed by atoms with van der Waals surface area (Å²) >= 11 is 12.0. The maximum atomic E-state index is 13.6. The number of esters is 3. The number of halogens is 2. The van der Waals surface area contributed by atoms with E-state index in [-0.39, 0.29) is 13.2 Å². The van der Waals surface area contributed by atoms with Crippen LogP contribution in [0, 0.1) is 0 Å². The first-order chi connectivity index (χ1) is 17.2. The van der Waals surface area contributed by atoms with E-state index in [1.165, 1.54) is 37.1 Å². The number of ether oxygens (including phenoxy) is 4. The van der Waals surface area contributed by atoms with Crippen molar-refractivity contribution >= 4 is 47.1 Å². The summed E-state index contributed by atoms with van der Waals surface area (Å²) in [7, 11) is 5.21. The normalized spacial score (nSPS) is 25.4. The van der Waals surface area contributed by atoms with Crippen LogP contribution in [0.5, 0.6) is 5.75 Å². The molecule has 2 bridgehead atoms. The van der Waals surface area contributed by atoms with Gasteiger partial charge in [-0.1, -0.05) is 23.2 Å². The Balaban J connectivity index is 1.94. The van der Waals surface area contributed by atoms with Crippen molar-refractivity contribution in [3.8, 4) is 5.75 Å². The molecule has 3 unspecified atom stereocenters. The molecule has 1 N–H and O–H groups in total. The highest BCUT2D eigenvalue weighted by Crippen LogP contribution is 2.36. The van der Waals surface area contributed by atoms with Crippen molar-refractivity contribution in [2.45, 2.75) is 37.4 Å². The Morgan fingerprint density at radius 3 is 2.27 bits per heavy atom. The number of hydrogen-bond acceptors (Lipinski definition) is 10. The predicted octanol–water partition coefficient (Wildman–Crippen LogP) is 1.50. The van der Waals surface area contributed by atoms with Crippen molar-refractivity contribution < 1.29 is 43.2 Å². The van der Waals surface area contributed by atoms with Crippen LogP contribution in [0.25, 0.3) is 0 Å². The molecule has 0 spiro atoms. The van der Waals surface area contributed by atoms with Crippen LogP contribution in [0.2, 0.25) is 10.0 Å². The van der Waals surface area contributed by atoms with Gasteiger partial charge in [0.2, 0.25) is 0 Å². The molecule has 0 aliphatic carbocycles. The van der Waals surface area contributed by atoms with Crippen LogP contribution in [0.4, 0.5) is 4.79 Å². The van der Waals surface area contributed by atoms with Gasteiger partial charge in [-0.2, -0.15) is 0 Å². The van der Waals surface area contributed by atoms with Gasteiger partial charge >= 0.3 is 30.2 Å². The summed E-state index contributed by atoms with van der Waals surface area (Å²) in [5.74, 6) is -2.94. The van der Waals surface area contributed by atoms with Crippen molar-refractivity contribution in [1.29, 1.82) is 0 Å². The molecule has 2 aliphatic rings. The second-order valence-electron chi connectivity index (χ2n) is 9.25. The lowest BCUT2D eigenvalue weighted by atomic mass is 9.95. The lowest BCUT2D eigenvalue weighted by molar-refractivity contribution is -0.271. The van der Waals surface area contributed by atoms with Crippen molar-refractivity contribution in [2.24, 2.45) is 0 Å². The minimum absolute atomic E-state index is 0.129. The molecule has 1 aromatic rings. The molecule has 1 aromatic carbocycles. The highest BCUT2D eigenvalue weighted by atomic mass is 35.5. The van der Waals surface area contributed by atoms with Gasteiger partial charge in [-0.05, 0) is 32.3 Å². The Morgan fingerprint density at radius 2 is 1.65 bits per heavy atom. The van der Waals surface area contributed by atoms with E-state index < -0.39 is 54.4 Å². The molecule has 2 aliphatic heterocycles. The maximum absolute atomic E-state index is 13.6. The van der Waals surface area contributed by atoms with Gasteiger partial charge in [-0.25, -0.2) is 9.59 Å². The third kappa shape index (κ3) is 6.75. The van der Waals surface area contributed by atoms with Crippen LogP contribution in [0.1, 0.15) is 19.8 Å². The number of likely N-dealkylation sites (N-methyl/N-ethyl adjacent to an activating group) is 2. The molecule has 2 fully saturated rings. The third-order valence-electron chi connectivity index (χ3n) is 5.86. The SMILES string of the molecule is CN(C)CCN(C)C(=O)N(CCOc1cc(Cl)cc(Cl)c1)C1(C)OC(=O)CC2(O)CC(=O)OC1OC2=O. The summed E-state index contributed by atoms with van der Waals surface area (Å²) in [6, 6.07) is 3.94. The Hall–Kier alpha value is -2.80. The number of carbonyl (C=O) groups excluding carboxylic acids is 4. The Morgan fingerprint density at radius 1 is 1.03 bits per heavy atom. The quantitative estimate of drug-likeness (QED) is 0.465. The largest absolute Gasteiger partial charge is 0.492 e. The molecule has 2 saturated heterocycles. The molecule has 14 heteroatoms. The van der Waals surface area contributed by atoms with Gasteiger partial charge < -0.3 is 33.9 Å². The molecule has 3 rings (SSSR count). The standard InChI is InChI=1S/C23H29Cl2N3O9/c1-22(20-35-17(29)12-23(33,19(31)36-20)13-18(30)37-22)28(21(32)27(4)6-5-26(2)3)7-8-34-16-10-14(24)9-15(25)11-16/h9-11,20,33H,5-8,12-13H2,1-4H3. The lowest BCUT2D eigenvalue weighted by Crippen LogP contribution is -2.65. The lowest BCUT2D eigenvalue weighted by Gasteiger charge is -2.45. The summed E-state index contributed by atoms with van der Waals surface area (Å²) in [6.45, 7) is 1.76. The average Bonchev–Trinajstić information content (AvgIpc) is 2.86. The van der Waals surface area contributed by atoms with E-state index >= 15 is 0 Å². The highest BCUT2D eigenvalue weighted by molar-refractivity contribution is 6.34. The van der Waals surface area contributed by atoms with E-state index in [1.54, 1.807) is 0 Å². The molecule has 37 heavy (non-hydrogen) atoms. The number of cyclic esters (lactones) is 1. The Labute approximate surface area is 223 Å². The fourth-order valence-corrected chi connectivity index (χ4v) is 4.32. The van der Waals surface area contributed by atoms with Crippen molar-refractivity contribution in [1.82, 2.24) is 14.7 Å². The highest BCUT2D eigenvalue weighted by Gasteiger charge is 2.59.